The predicted molar refractivity (Wildman–Crippen MR) is 137 cm³/mol. The fourth-order valence-corrected chi connectivity index (χ4v) is 4.49. The van der Waals surface area contributed by atoms with E-state index in [1.54, 1.807) is 56.3 Å². The van der Waals surface area contributed by atoms with Crippen LogP contribution >= 0.6 is 45.8 Å². The second-order valence-corrected chi connectivity index (χ2v) is 11.1. The molecule has 0 radical (unpaired) electrons. The fraction of sp³-hybridized carbons (Fsp3) is 0.333. The number of likely N-dealkylation sites (N-methyl/N-ethyl adjacent to an activating group) is 1. The number of halogens is 3. The fourth-order valence-electron chi connectivity index (χ4n) is 2.96. The zero-order chi connectivity index (χ0) is 24.1. The summed E-state index contributed by atoms with van der Waals surface area (Å²) in [6.07, 6.45) is 1.04. The van der Waals surface area contributed by atoms with Gasteiger partial charge in [0, 0.05) is 16.7 Å². The largest absolute Gasteiger partial charge is 0.355 e. The molecule has 2 aromatic rings. The number of carbonyl (C=O) groups is 2. The third-order valence-corrected chi connectivity index (χ3v) is 7.25. The van der Waals surface area contributed by atoms with Gasteiger partial charge < -0.3 is 10.2 Å². The van der Waals surface area contributed by atoms with E-state index in [1.165, 1.54) is 4.90 Å². The Kier molecular flexibility index (Phi) is 9.62. The molecule has 0 spiro atoms. The Labute approximate surface area is 212 Å². The smallest absolute Gasteiger partial charge is 0.244 e. The average Bonchev–Trinajstić information content (AvgIpc) is 2.72. The van der Waals surface area contributed by atoms with Crippen LogP contribution in [0.25, 0.3) is 0 Å². The van der Waals surface area contributed by atoms with E-state index in [0.29, 0.717) is 27.8 Å². The first-order valence-corrected chi connectivity index (χ1v) is 13.4. The van der Waals surface area contributed by atoms with Crippen molar-refractivity contribution in [2.24, 2.45) is 0 Å². The molecular weight excluding hydrogens is 588 g/mol. The molecule has 11 heteroatoms. The summed E-state index contributed by atoms with van der Waals surface area (Å²) in [5.74, 6) is -0.875. The minimum Gasteiger partial charge on any atom is -0.355 e. The summed E-state index contributed by atoms with van der Waals surface area (Å²) >= 11 is 14.2. The van der Waals surface area contributed by atoms with Crippen molar-refractivity contribution >= 4 is 73.3 Å². The molecule has 0 fully saturated rings. The van der Waals surface area contributed by atoms with Gasteiger partial charge in [0.15, 0.2) is 0 Å². The highest BCUT2D eigenvalue weighted by atomic mass is 127. The SMILES string of the molecule is CCNC(=O)[C@H](C)N(Cc1ccc(Cl)c(Cl)c1)C(=O)CN(c1ccc(I)cc1)S(C)(=O)=O. The molecule has 0 aliphatic carbocycles. The van der Waals surface area contributed by atoms with E-state index in [0.717, 1.165) is 14.1 Å². The summed E-state index contributed by atoms with van der Waals surface area (Å²) in [5.41, 5.74) is 1.02. The Morgan fingerprint density at radius 1 is 1.09 bits per heavy atom. The maximum atomic E-state index is 13.3. The van der Waals surface area contributed by atoms with Crippen LogP contribution in [0, 0.1) is 3.57 Å². The Morgan fingerprint density at radius 3 is 2.25 bits per heavy atom. The number of hydrogen-bond donors (Lipinski definition) is 1. The summed E-state index contributed by atoms with van der Waals surface area (Å²) in [4.78, 5) is 27.2. The number of benzene rings is 2. The molecule has 32 heavy (non-hydrogen) atoms. The van der Waals surface area contributed by atoms with E-state index in [-0.39, 0.29) is 12.5 Å². The molecule has 1 atom stereocenters. The van der Waals surface area contributed by atoms with Crippen molar-refractivity contribution in [1.82, 2.24) is 10.2 Å². The minimum atomic E-state index is -3.76. The quantitative estimate of drug-likeness (QED) is 0.436. The normalized spacial score (nSPS) is 12.2. The first-order valence-electron chi connectivity index (χ1n) is 9.68. The zero-order valence-electron chi connectivity index (χ0n) is 17.8. The third-order valence-electron chi connectivity index (χ3n) is 4.65. The van der Waals surface area contributed by atoms with Crippen LogP contribution in [-0.2, 0) is 26.2 Å². The highest BCUT2D eigenvalue weighted by Crippen LogP contribution is 2.24. The lowest BCUT2D eigenvalue weighted by Gasteiger charge is -2.31. The van der Waals surface area contributed by atoms with E-state index >= 15 is 0 Å². The van der Waals surface area contributed by atoms with Crippen molar-refractivity contribution in [3.05, 3.63) is 61.6 Å². The Balaban J connectivity index is 2.39. The van der Waals surface area contributed by atoms with Crippen LogP contribution in [-0.4, -0.2) is 50.5 Å². The number of anilines is 1. The molecule has 174 valence electrons. The van der Waals surface area contributed by atoms with Crippen LogP contribution in [0.5, 0.6) is 0 Å². The first kappa shape index (κ1) is 26.7. The van der Waals surface area contributed by atoms with Gasteiger partial charge >= 0.3 is 0 Å². The van der Waals surface area contributed by atoms with E-state index in [2.05, 4.69) is 27.9 Å². The van der Waals surface area contributed by atoms with Crippen LogP contribution in [0.3, 0.4) is 0 Å². The van der Waals surface area contributed by atoms with Gasteiger partial charge in [-0.15, -0.1) is 0 Å². The lowest BCUT2D eigenvalue weighted by Crippen LogP contribution is -2.51. The van der Waals surface area contributed by atoms with Crippen LogP contribution in [0.1, 0.15) is 19.4 Å². The number of hydrogen-bond acceptors (Lipinski definition) is 4. The summed E-state index contributed by atoms with van der Waals surface area (Å²) in [7, 11) is -3.76. The molecule has 7 nitrogen and oxygen atoms in total. The summed E-state index contributed by atoms with van der Waals surface area (Å²) in [5, 5.41) is 3.38. The maximum absolute atomic E-state index is 13.3. The number of sulfonamides is 1. The molecule has 0 unspecified atom stereocenters. The van der Waals surface area contributed by atoms with Crippen molar-refractivity contribution in [2.75, 3.05) is 23.7 Å². The number of nitrogens with zero attached hydrogens (tertiary/aromatic N) is 2. The van der Waals surface area contributed by atoms with Gasteiger partial charge in [-0.2, -0.15) is 0 Å². The van der Waals surface area contributed by atoms with Crippen LogP contribution < -0.4 is 9.62 Å². The molecule has 0 aliphatic rings. The molecule has 0 saturated carbocycles. The topological polar surface area (TPSA) is 86.8 Å². The lowest BCUT2D eigenvalue weighted by atomic mass is 10.1. The zero-order valence-corrected chi connectivity index (χ0v) is 22.3. The van der Waals surface area contributed by atoms with Gasteiger partial charge in [-0.3, -0.25) is 13.9 Å². The van der Waals surface area contributed by atoms with Crippen LogP contribution in [0.2, 0.25) is 10.0 Å². The Morgan fingerprint density at radius 2 is 1.72 bits per heavy atom. The van der Waals surface area contributed by atoms with E-state index in [9.17, 15) is 18.0 Å². The molecule has 1 N–H and O–H groups in total. The van der Waals surface area contributed by atoms with Gasteiger partial charge in [-0.25, -0.2) is 8.42 Å². The summed E-state index contributed by atoms with van der Waals surface area (Å²) in [6.45, 7) is 3.37. The van der Waals surface area contributed by atoms with Gasteiger partial charge in [0.1, 0.15) is 12.6 Å². The standard InChI is InChI=1S/C21H24Cl2IN3O4S/c1-4-25-21(29)14(2)26(12-15-5-10-18(22)19(23)11-15)20(28)13-27(32(3,30)31)17-8-6-16(24)7-9-17/h5-11,14H,4,12-13H2,1-3H3,(H,25,29)/t14-/m0/s1. The van der Waals surface area contributed by atoms with Crippen molar-refractivity contribution in [3.8, 4) is 0 Å². The average molecular weight is 612 g/mol. The number of amides is 2. The molecule has 0 heterocycles. The van der Waals surface area contributed by atoms with E-state index < -0.39 is 28.5 Å². The van der Waals surface area contributed by atoms with Gasteiger partial charge in [-0.1, -0.05) is 29.3 Å². The molecule has 0 saturated heterocycles. The van der Waals surface area contributed by atoms with E-state index in [4.69, 9.17) is 23.2 Å². The summed E-state index contributed by atoms with van der Waals surface area (Å²) < 4.78 is 26.9. The van der Waals surface area contributed by atoms with E-state index in [1.807, 2.05) is 0 Å². The minimum absolute atomic E-state index is 0.0539. The summed E-state index contributed by atoms with van der Waals surface area (Å²) in [6, 6.07) is 10.9. The lowest BCUT2D eigenvalue weighted by molar-refractivity contribution is -0.139. The van der Waals surface area contributed by atoms with Crippen molar-refractivity contribution in [3.63, 3.8) is 0 Å². The first-order chi connectivity index (χ1) is 14.9. The molecule has 0 bridgehead atoms. The Hall–Kier alpha value is -1.56. The molecule has 2 rings (SSSR count). The number of rotatable bonds is 9. The van der Waals surface area contributed by atoms with Crippen molar-refractivity contribution in [1.29, 1.82) is 0 Å². The second-order valence-electron chi connectivity index (χ2n) is 7.09. The van der Waals surface area contributed by atoms with Gasteiger partial charge in [0.25, 0.3) is 0 Å². The molecule has 0 aliphatic heterocycles. The Bertz CT molecular complexity index is 1080. The predicted octanol–water partition coefficient (Wildman–Crippen LogP) is 3.92. The molecular formula is C21H24Cl2IN3O4S. The van der Waals surface area contributed by atoms with Crippen molar-refractivity contribution < 1.29 is 18.0 Å². The number of nitrogens with one attached hydrogen (secondary N) is 1. The van der Waals surface area contributed by atoms with Gasteiger partial charge in [0.2, 0.25) is 21.8 Å². The van der Waals surface area contributed by atoms with Crippen LogP contribution in [0.15, 0.2) is 42.5 Å². The monoisotopic (exact) mass is 611 g/mol. The number of carbonyl (C=O) groups excluding carboxylic acids is 2. The van der Waals surface area contributed by atoms with Crippen molar-refractivity contribution in [2.45, 2.75) is 26.4 Å². The molecule has 2 amide bonds. The highest BCUT2D eigenvalue weighted by Gasteiger charge is 2.30. The maximum Gasteiger partial charge on any atom is 0.244 e. The molecule has 0 aromatic heterocycles. The van der Waals surface area contributed by atoms with Gasteiger partial charge in [0.05, 0.1) is 22.0 Å². The third kappa shape index (κ3) is 7.23. The van der Waals surface area contributed by atoms with Gasteiger partial charge in [-0.05, 0) is 78.4 Å². The highest BCUT2D eigenvalue weighted by molar-refractivity contribution is 14.1. The van der Waals surface area contributed by atoms with Crippen LogP contribution in [0.4, 0.5) is 5.69 Å². The second kappa shape index (κ2) is 11.5. The molecule has 2 aromatic carbocycles.